The van der Waals surface area contributed by atoms with Gasteiger partial charge in [-0.2, -0.15) is 5.26 Å². The lowest BCUT2D eigenvalue weighted by atomic mass is 10.4. The SMILES string of the molecule is [2H]c1ccc(C#N)nc1. The van der Waals surface area contributed by atoms with Crippen LogP contribution in [0.15, 0.2) is 24.4 Å². The van der Waals surface area contributed by atoms with Gasteiger partial charge < -0.3 is 0 Å². The summed E-state index contributed by atoms with van der Waals surface area (Å²) in [5, 5.41) is 8.25. The standard InChI is InChI=1S/C6H4N2/c7-5-6-3-1-2-4-8-6/h1-4H/i2D. The molecule has 0 aliphatic rings. The first-order valence-electron chi connectivity index (χ1n) is 2.65. The third-order valence-electron chi connectivity index (χ3n) is 0.730. The molecule has 38 valence electrons. The number of hydrogen-bond acceptors (Lipinski definition) is 2. The van der Waals surface area contributed by atoms with Crippen molar-refractivity contribution in [3.63, 3.8) is 0 Å². The van der Waals surface area contributed by atoms with Crippen LogP contribution in [0.3, 0.4) is 0 Å². The van der Waals surface area contributed by atoms with Gasteiger partial charge in [0.2, 0.25) is 0 Å². The van der Waals surface area contributed by atoms with Crippen LogP contribution < -0.4 is 0 Å². The van der Waals surface area contributed by atoms with Crippen LogP contribution >= 0.6 is 0 Å². The van der Waals surface area contributed by atoms with E-state index in [-0.39, 0.29) is 0 Å². The van der Waals surface area contributed by atoms with Gasteiger partial charge in [0.05, 0.1) is 1.37 Å². The van der Waals surface area contributed by atoms with Crippen molar-refractivity contribution in [2.24, 2.45) is 0 Å². The summed E-state index contributed by atoms with van der Waals surface area (Å²) in [6.45, 7) is 0. The van der Waals surface area contributed by atoms with Crippen molar-refractivity contribution in [2.45, 2.75) is 0 Å². The molecule has 0 amide bonds. The molecule has 0 aliphatic heterocycles. The van der Waals surface area contributed by atoms with Crippen LogP contribution in [0.4, 0.5) is 0 Å². The summed E-state index contributed by atoms with van der Waals surface area (Å²) in [6, 6.07) is 5.24. The van der Waals surface area contributed by atoms with Crippen molar-refractivity contribution in [3.05, 3.63) is 30.1 Å². The predicted molar refractivity (Wildman–Crippen MR) is 29.0 cm³/mol. The summed E-state index contributed by atoms with van der Waals surface area (Å²) in [4.78, 5) is 3.65. The van der Waals surface area contributed by atoms with Crippen LogP contribution in [-0.2, 0) is 0 Å². The van der Waals surface area contributed by atoms with Gasteiger partial charge in [-0.3, -0.25) is 0 Å². The Morgan fingerprint density at radius 1 is 1.88 bits per heavy atom. The molecule has 1 heterocycles. The van der Waals surface area contributed by atoms with Gasteiger partial charge in [-0.1, -0.05) is 6.07 Å². The number of rotatable bonds is 0. The van der Waals surface area contributed by atoms with E-state index in [1.807, 2.05) is 6.07 Å². The smallest absolute Gasteiger partial charge is 0.140 e. The van der Waals surface area contributed by atoms with Crippen LogP contribution in [0.2, 0.25) is 0 Å². The number of nitriles is 1. The fourth-order valence-electron chi connectivity index (χ4n) is 0.386. The van der Waals surface area contributed by atoms with E-state index in [9.17, 15) is 0 Å². The molecule has 0 aromatic carbocycles. The minimum Gasteiger partial charge on any atom is -0.246 e. The highest BCUT2D eigenvalue weighted by Gasteiger charge is 1.81. The lowest BCUT2D eigenvalue weighted by molar-refractivity contribution is 1.26. The van der Waals surface area contributed by atoms with Gasteiger partial charge in [0.1, 0.15) is 11.8 Å². The Bertz CT molecular complexity index is 234. The Balaban J connectivity index is 3.06. The summed E-state index contributed by atoms with van der Waals surface area (Å²) in [5.74, 6) is 0. The predicted octanol–water partition coefficient (Wildman–Crippen LogP) is 0.953. The fourth-order valence-corrected chi connectivity index (χ4v) is 0.386. The highest BCUT2D eigenvalue weighted by molar-refractivity contribution is 5.18. The highest BCUT2D eigenvalue weighted by atomic mass is 14.7. The molecule has 1 rings (SSSR count). The minimum atomic E-state index is 0.328. The molecular formula is C6H4N2. The normalized spacial score (nSPS) is 9.62. The second-order valence-corrected chi connectivity index (χ2v) is 1.26. The van der Waals surface area contributed by atoms with Crippen molar-refractivity contribution >= 4 is 0 Å². The fraction of sp³-hybridized carbons (Fsp3) is 0. The number of nitrogens with zero attached hydrogens (tertiary/aromatic N) is 2. The zero-order valence-corrected chi connectivity index (χ0v) is 4.13. The zero-order valence-electron chi connectivity index (χ0n) is 5.13. The van der Waals surface area contributed by atoms with E-state index in [0.29, 0.717) is 11.7 Å². The van der Waals surface area contributed by atoms with Crippen LogP contribution in [-0.4, -0.2) is 4.98 Å². The van der Waals surface area contributed by atoms with Crippen LogP contribution in [0.25, 0.3) is 0 Å². The molecule has 0 spiro atoms. The molecule has 1 aromatic heterocycles. The zero-order chi connectivity index (χ0) is 6.69. The molecule has 0 radical (unpaired) electrons. The van der Waals surface area contributed by atoms with Gasteiger partial charge in [0, 0.05) is 6.20 Å². The Labute approximate surface area is 48.8 Å². The quantitative estimate of drug-likeness (QED) is 0.492. The minimum absolute atomic E-state index is 0.328. The maximum Gasteiger partial charge on any atom is 0.140 e. The van der Waals surface area contributed by atoms with E-state index >= 15 is 0 Å². The van der Waals surface area contributed by atoms with Gasteiger partial charge in [0.15, 0.2) is 0 Å². The topological polar surface area (TPSA) is 36.7 Å². The summed E-state index contributed by atoms with van der Waals surface area (Å²) in [7, 11) is 0. The Morgan fingerprint density at radius 3 is 3.25 bits per heavy atom. The molecular weight excluding hydrogens is 100 g/mol. The molecule has 0 saturated heterocycles. The average Bonchev–Trinajstić information content (AvgIpc) is 1.90. The van der Waals surface area contributed by atoms with Gasteiger partial charge in [-0.15, -0.1) is 0 Å². The van der Waals surface area contributed by atoms with E-state index in [1.54, 1.807) is 0 Å². The van der Waals surface area contributed by atoms with Crippen LogP contribution in [0.1, 0.15) is 7.06 Å². The van der Waals surface area contributed by atoms with Crippen molar-refractivity contribution in [1.29, 1.82) is 5.26 Å². The van der Waals surface area contributed by atoms with E-state index in [1.165, 1.54) is 18.3 Å². The second-order valence-electron chi connectivity index (χ2n) is 1.26. The summed E-state index contributed by atoms with van der Waals surface area (Å²) < 4.78 is 6.99. The van der Waals surface area contributed by atoms with E-state index in [4.69, 9.17) is 6.63 Å². The molecule has 1 aromatic rings. The molecule has 0 unspecified atom stereocenters. The molecule has 0 atom stereocenters. The van der Waals surface area contributed by atoms with Crippen LogP contribution in [0.5, 0.6) is 0 Å². The number of aromatic nitrogens is 1. The molecule has 8 heavy (non-hydrogen) atoms. The van der Waals surface area contributed by atoms with Gasteiger partial charge in [-0.25, -0.2) is 4.98 Å². The maximum atomic E-state index is 8.25. The van der Waals surface area contributed by atoms with Crippen LogP contribution in [0, 0.1) is 11.3 Å². The van der Waals surface area contributed by atoms with Crippen molar-refractivity contribution in [3.8, 4) is 6.07 Å². The van der Waals surface area contributed by atoms with Gasteiger partial charge in [-0.05, 0) is 12.1 Å². The molecule has 0 aliphatic carbocycles. The monoisotopic (exact) mass is 105 g/mol. The number of hydrogen-bond donors (Lipinski definition) is 0. The number of pyridine rings is 1. The molecule has 0 saturated carbocycles. The molecule has 0 N–H and O–H groups in total. The first kappa shape index (κ1) is 3.62. The summed E-state index contributed by atoms with van der Waals surface area (Å²) in [6.07, 6.45) is 1.35. The highest BCUT2D eigenvalue weighted by Crippen LogP contribution is 1.86. The largest absolute Gasteiger partial charge is 0.246 e. The van der Waals surface area contributed by atoms with Gasteiger partial charge in [0.25, 0.3) is 0 Å². The Kier molecular flexibility index (Phi) is 0.941. The van der Waals surface area contributed by atoms with E-state index < -0.39 is 0 Å². The first-order chi connectivity index (χ1) is 4.33. The average molecular weight is 105 g/mol. The Hall–Kier alpha value is -1.36. The molecule has 0 fully saturated rings. The molecule has 2 nitrogen and oxygen atoms in total. The third kappa shape index (κ3) is 0.824. The third-order valence-corrected chi connectivity index (χ3v) is 0.730. The first-order valence-corrected chi connectivity index (χ1v) is 2.15. The second kappa shape index (κ2) is 2.08. The van der Waals surface area contributed by atoms with E-state index in [2.05, 4.69) is 4.98 Å². The van der Waals surface area contributed by atoms with Crippen molar-refractivity contribution in [1.82, 2.24) is 4.98 Å². The lowest BCUT2D eigenvalue weighted by Gasteiger charge is -1.79. The van der Waals surface area contributed by atoms with Crippen molar-refractivity contribution in [2.75, 3.05) is 0 Å². The summed E-state index contributed by atoms with van der Waals surface area (Å²) >= 11 is 0. The van der Waals surface area contributed by atoms with Gasteiger partial charge >= 0.3 is 0 Å². The van der Waals surface area contributed by atoms with Crippen molar-refractivity contribution < 1.29 is 1.37 Å². The lowest BCUT2D eigenvalue weighted by Crippen LogP contribution is -1.75. The summed E-state index contributed by atoms with van der Waals surface area (Å²) in [5.41, 5.74) is 0.353. The Morgan fingerprint density at radius 2 is 2.75 bits per heavy atom. The molecule has 2 heteroatoms. The maximum absolute atomic E-state index is 8.25. The molecule has 0 bridgehead atoms. The van der Waals surface area contributed by atoms with E-state index in [0.717, 1.165) is 0 Å².